The molecular formula is C23H30N2O4S. The number of nitrogens with one attached hydrogen (secondary N) is 1. The predicted octanol–water partition coefficient (Wildman–Crippen LogP) is 4.36. The molecule has 162 valence electrons. The van der Waals surface area contributed by atoms with E-state index >= 15 is 0 Å². The van der Waals surface area contributed by atoms with Crippen LogP contribution in [0.2, 0.25) is 0 Å². The van der Waals surface area contributed by atoms with Gasteiger partial charge in [-0.2, -0.15) is 4.31 Å². The summed E-state index contributed by atoms with van der Waals surface area (Å²) in [6.45, 7) is 4.98. The first kappa shape index (κ1) is 22.3. The van der Waals surface area contributed by atoms with Crippen molar-refractivity contribution in [2.45, 2.75) is 57.0 Å². The van der Waals surface area contributed by atoms with Crippen LogP contribution < -0.4 is 10.1 Å². The molecule has 0 bridgehead atoms. The van der Waals surface area contributed by atoms with Gasteiger partial charge in [-0.05, 0) is 68.1 Å². The Labute approximate surface area is 179 Å². The standard InChI is InChI=1S/C23H30N2O4S/c1-3-22(29-20-10-8-9-18(2)17-20)23(26)24-19-11-13-21(14-12-19)30(27,28)25-15-6-4-5-7-16-25/h8-14,17,22H,3-7,15-16H2,1-2H3,(H,24,26). The maximum absolute atomic E-state index is 12.9. The first-order valence-corrected chi connectivity index (χ1v) is 12.0. The lowest BCUT2D eigenvalue weighted by Crippen LogP contribution is -2.33. The zero-order chi connectivity index (χ0) is 21.6. The highest BCUT2D eigenvalue weighted by Crippen LogP contribution is 2.22. The number of benzene rings is 2. The summed E-state index contributed by atoms with van der Waals surface area (Å²) in [5, 5.41) is 2.82. The molecule has 1 atom stereocenters. The molecule has 7 heteroatoms. The Morgan fingerprint density at radius 3 is 2.33 bits per heavy atom. The summed E-state index contributed by atoms with van der Waals surface area (Å²) >= 11 is 0. The smallest absolute Gasteiger partial charge is 0.265 e. The predicted molar refractivity (Wildman–Crippen MR) is 118 cm³/mol. The Balaban J connectivity index is 1.66. The fourth-order valence-corrected chi connectivity index (χ4v) is 5.06. The fraction of sp³-hybridized carbons (Fsp3) is 0.435. The lowest BCUT2D eigenvalue weighted by molar-refractivity contribution is -0.122. The highest BCUT2D eigenvalue weighted by molar-refractivity contribution is 7.89. The summed E-state index contributed by atoms with van der Waals surface area (Å²) in [6.07, 6.45) is 3.81. The van der Waals surface area contributed by atoms with E-state index in [1.54, 1.807) is 28.6 Å². The number of amides is 1. The number of carbonyl (C=O) groups is 1. The molecule has 6 nitrogen and oxygen atoms in total. The average molecular weight is 431 g/mol. The van der Waals surface area contributed by atoms with Crippen LogP contribution >= 0.6 is 0 Å². The van der Waals surface area contributed by atoms with Gasteiger partial charge in [0.1, 0.15) is 5.75 Å². The van der Waals surface area contributed by atoms with Gasteiger partial charge in [-0.25, -0.2) is 8.42 Å². The van der Waals surface area contributed by atoms with Crippen LogP contribution in [0, 0.1) is 6.92 Å². The summed E-state index contributed by atoms with van der Waals surface area (Å²) < 4.78 is 33.2. The molecule has 1 fully saturated rings. The Hall–Kier alpha value is -2.38. The van der Waals surface area contributed by atoms with Crippen molar-refractivity contribution in [1.29, 1.82) is 0 Å². The van der Waals surface area contributed by atoms with Gasteiger partial charge in [0.15, 0.2) is 6.10 Å². The van der Waals surface area contributed by atoms with Crippen molar-refractivity contribution in [3.63, 3.8) is 0 Å². The molecule has 0 aromatic heterocycles. The van der Waals surface area contributed by atoms with E-state index < -0.39 is 16.1 Å². The van der Waals surface area contributed by atoms with Crippen LogP contribution in [0.1, 0.15) is 44.6 Å². The van der Waals surface area contributed by atoms with Gasteiger partial charge in [-0.15, -0.1) is 0 Å². The van der Waals surface area contributed by atoms with E-state index in [0.717, 1.165) is 31.2 Å². The first-order chi connectivity index (χ1) is 14.4. The molecule has 1 heterocycles. The van der Waals surface area contributed by atoms with E-state index in [-0.39, 0.29) is 10.8 Å². The average Bonchev–Trinajstić information content (AvgIpc) is 3.02. The second kappa shape index (κ2) is 10.1. The fourth-order valence-electron chi connectivity index (χ4n) is 3.54. The van der Waals surface area contributed by atoms with Crippen LogP contribution in [0.4, 0.5) is 5.69 Å². The van der Waals surface area contributed by atoms with Gasteiger partial charge >= 0.3 is 0 Å². The number of anilines is 1. The van der Waals surface area contributed by atoms with Crippen LogP contribution in [0.5, 0.6) is 5.75 Å². The minimum atomic E-state index is -3.50. The van der Waals surface area contributed by atoms with Crippen LogP contribution in [0.25, 0.3) is 0 Å². The van der Waals surface area contributed by atoms with Crippen molar-refractivity contribution < 1.29 is 17.9 Å². The quantitative estimate of drug-likeness (QED) is 0.708. The third kappa shape index (κ3) is 5.61. The van der Waals surface area contributed by atoms with Crippen molar-refractivity contribution in [2.75, 3.05) is 18.4 Å². The van der Waals surface area contributed by atoms with Crippen LogP contribution in [-0.2, 0) is 14.8 Å². The lowest BCUT2D eigenvalue weighted by atomic mass is 10.2. The van der Waals surface area contributed by atoms with Crippen molar-refractivity contribution >= 4 is 21.6 Å². The third-order valence-electron chi connectivity index (χ3n) is 5.26. The summed E-state index contributed by atoms with van der Waals surface area (Å²) in [5.41, 5.74) is 1.60. The van der Waals surface area contributed by atoms with E-state index in [9.17, 15) is 13.2 Å². The minimum Gasteiger partial charge on any atom is -0.481 e. The first-order valence-electron chi connectivity index (χ1n) is 10.5. The zero-order valence-electron chi connectivity index (χ0n) is 17.6. The monoisotopic (exact) mass is 430 g/mol. The molecule has 0 spiro atoms. The van der Waals surface area contributed by atoms with E-state index in [4.69, 9.17) is 4.74 Å². The highest BCUT2D eigenvalue weighted by atomic mass is 32.2. The molecule has 1 aliphatic heterocycles. The number of hydrogen-bond acceptors (Lipinski definition) is 4. The molecular weight excluding hydrogens is 400 g/mol. The summed E-state index contributed by atoms with van der Waals surface area (Å²) in [7, 11) is -3.50. The van der Waals surface area contributed by atoms with Crippen LogP contribution in [-0.4, -0.2) is 37.8 Å². The highest BCUT2D eigenvalue weighted by Gasteiger charge is 2.25. The Kier molecular flexibility index (Phi) is 7.50. The Bertz CT molecular complexity index is 949. The summed E-state index contributed by atoms with van der Waals surface area (Å²) in [6, 6.07) is 13.9. The maximum atomic E-state index is 12.9. The molecule has 0 radical (unpaired) electrons. The number of hydrogen-bond donors (Lipinski definition) is 1. The van der Waals surface area contributed by atoms with Crippen LogP contribution in [0.3, 0.4) is 0 Å². The topological polar surface area (TPSA) is 75.7 Å². The van der Waals surface area contributed by atoms with Gasteiger partial charge < -0.3 is 10.1 Å². The van der Waals surface area contributed by atoms with Gasteiger partial charge in [-0.3, -0.25) is 4.79 Å². The van der Waals surface area contributed by atoms with Crippen LogP contribution in [0.15, 0.2) is 53.4 Å². The van der Waals surface area contributed by atoms with E-state index in [1.807, 2.05) is 38.1 Å². The van der Waals surface area contributed by atoms with Gasteiger partial charge in [0.2, 0.25) is 10.0 Å². The third-order valence-corrected chi connectivity index (χ3v) is 7.17. The van der Waals surface area contributed by atoms with Crippen molar-refractivity contribution in [3.8, 4) is 5.75 Å². The van der Waals surface area contributed by atoms with Crippen molar-refractivity contribution in [3.05, 3.63) is 54.1 Å². The molecule has 1 amide bonds. The number of aryl methyl sites for hydroxylation is 1. The zero-order valence-corrected chi connectivity index (χ0v) is 18.5. The Morgan fingerprint density at radius 1 is 1.07 bits per heavy atom. The normalized spacial score (nSPS) is 16.5. The second-order valence-corrected chi connectivity index (χ2v) is 9.60. The minimum absolute atomic E-state index is 0.255. The molecule has 0 aliphatic carbocycles. The van der Waals surface area contributed by atoms with Gasteiger partial charge in [0.25, 0.3) is 5.91 Å². The van der Waals surface area contributed by atoms with E-state index in [1.165, 1.54) is 0 Å². The van der Waals surface area contributed by atoms with Gasteiger partial charge in [-0.1, -0.05) is 31.9 Å². The van der Waals surface area contributed by atoms with Gasteiger partial charge in [0, 0.05) is 18.8 Å². The Morgan fingerprint density at radius 2 is 1.73 bits per heavy atom. The summed E-state index contributed by atoms with van der Waals surface area (Å²) in [5.74, 6) is 0.387. The summed E-state index contributed by atoms with van der Waals surface area (Å²) in [4.78, 5) is 12.9. The largest absolute Gasteiger partial charge is 0.481 e. The van der Waals surface area contributed by atoms with Crippen molar-refractivity contribution in [1.82, 2.24) is 4.31 Å². The molecule has 30 heavy (non-hydrogen) atoms. The lowest BCUT2D eigenvalue weighted by Gasteiger charge is -2.20. The number of carbonyl (C=O) groups excluding carboxylic acids is 1. The number of rotatable bonds is 7. The molecule has 1 N–H and O–H groups in total. The van der Waals surface area contributed by atoms with E-state index in [0.29, 0.717) is 30.9 Å². The molecule has 1 saturated heterocycles. The number of sulfonamides is 1. The van der Waals surface area contributed by atoms with Gasteiger partial charge in [0.05, 0.1) is 4.90 Å². The number of nitrogens with zero attached hydrogens (tertiary/aromatic N) is 1. The molecule has 2 aromatic rings. The SMILES string of the molecule is CCC(Oc1cccc(C)c1)C(=O)Nc1ccc(S(=O)(=O)N2CCCCCC2)cc1. The van der Waals surface area contributed by atoms with E-state index in [2.05, 4.69) is 5.32 Å². The number of ether oxygens (including phenoxy) is 1. The molecule has 1 unspecified atom stereocenters. The maximum Gasteiger partial charge on any atom is 0.265 e. The molecule has 0 saturated carbocycles. The molecule has 3 rings (SSSR count). The molecule has 1 aliphatic rings. The second-order valence-electron chi connectivity index (χ2n) is 7.66. The van der Waals surface area contributed by atoms with Crippen molar-refractivity contribution in [2.24, 2.45) is 0 Å². The molecule has 2 aromatic carbocycles.